The largest absolute Gasteiger partial charge is 0.459 e. The lowest BCUT2D eigenvalue weighted by Gasteiger charge is -2.03. The lowest BCUT2D eigenvalue weighted by Crippen LogP contribution is -2.25. The van der Waals surface area contributed by atoms with Crippen LogP contribution in [0.1, 0.15) is 16.1 Å². The molecular weight excluding hydrogens is 246 g/mol. The SMILES string of the molecule is O=C(NCCSCc1ccccc1)c1ccco1. The molecule has 0 unspecified atom stereocenters. The van der Waals surface area contributed by atoms with Crippen LogP contribution >= 0.6 is 11.8 Å². The molecule has 3 nitrogen and oxygen atoms in total. The maximum absolute atomic E-state index is 11.5. The van der Waals surface area contributed by atoms with Crippen LogP contribution in [0.4, 0.5) is 0 Å². The topological polar surface area (TPSA) is 42.2 Å². The highest BCUT2D eigenvalue weighted by Gasteiger charge is 2.06. The number of benzene rings is 1. The standard InChI is InChI=1S/C14H15NO2S/c16-14(13-7-4-9-17-13)15-8-10-18-11-12-5-2-1-3-6-12/h1-7,9H,8,10-11H2,(H,15,16). The quantitative estimate of drug-likeness (QED) is 0.813. The summed E-state index contributed by atoms with van der Waals surface area (Å²) < 4.78 is 5.00. The van der Waals surface area contributed by atoms with Crippen molar-refractivity contribution >= 4 is 17.7 Å². The van der Waals surface area contributed by atoms with Gasteiger partial charge >= 0.3 is 0 Å². The van der Waals surface area contributed by atoms with E-state index in [1.165, 1.54) is 11.8 Å². The molecule has 0 aliphatic heterocycles. The number of nitrogens with one attached hydrogen (secondary N) is 1. The molecule has 4 heteroatoms. The third-order valence-electron chi connectivity index (χ3n) is 2.39. The second kappa shape index (κ2) is 6.91. The van der Waals surface area contributed by atoms with E-state index in [4.69, 9.17) is 4.42 Å². The Hall–Kier alpha value is -1.68. The molecule has 0 atom stereocenters. The van der Waals surface area contributed by atoms with E-state index in [2.05, 4.69) is 17.4 Å². The summed E-state index contributed by atoms with van der Waals surface area (Å²) in [4.78, 5) is 11.5. The predicted molar refractivity (Wildman–Crippen MR) is 73.6 cm³/mol. The number of carbonyl (C=O) groups excluding carboxylic acids is 1. The number of hydrogen-bond acceptors (Lipinski definition) is 3. The van der Waals surface area contributed by atoms with Gasteiger partial charge in [-0.2, -0.15) is 11.8 Å². The Bertz CT molecular complexity index is 468. The summed E-state index contributed by atoms with van der Waals surface area (Å²) in [6.07, 6.45) is 1.50. The molecule has 1 aromatic carbocycles. The van der Waals surface area contributed by atoms with Crippen molar-refractivity contribution < 1.29 is 9.21 Å². The van der Waals surface area contributed by atoms with E-state index < -0.39 is 0 Å². The van der Waals surface area contributed by atoms with Crippen LogP contribution in [0.3, 0.4) is 0 Å². The van der Waals surface area contributed by atoms with Crippen molar-refractivity contribution in [2.45, 2.75) is 5.75 Å². The summed E-state index contributed by atoms with van der Waals surface area (Å²) >= 11 is 1.80. The molecule has 1 heterocycles. The van der Waals surface area contributed by atoms with Crippen molar-refractivity contribution in [1.82, 2.24) is 5.32 Å². The third kappa shape index (κ3) is 3.96. The smallest absolute Gasteiger partial charge is 0.287 e. The average molecular weight is 261 g/mol. The molecule has 2 rings (SSSR count). The van der Waals surface area contributed by atoms with Crippen LogP contribution in [0.5, 0.6) is 0 Å². The Labute approximate surface area is 111 Å². The predicted octanol–water partition coefficient (Wildman–Crippen LogP) is 2.94. The highest BCUT2D eigenvalue weighted by atomic mass is 32.2. The molecule has 0 saturated heterocycles. The molecule has 0 aliphatic carbocycles. The second-order valence-corrected chi connectivity index (χ2v) is 4.88. The van der Waals surface area contributed by atoms with E-state index in [0.29, 0.717) is 12.3 Å². The van der Waals surface area contributed by atoms with E-state index in [1.807, 2.05) is 18.2 Å². The fourth-order valence-corrected chi connectivity index (χ4v) is 2.31. The molecule has 1 amide bonds. The number of carbonyl (C=O) groups is 1. The van der Waals surface area contributed by atoms with Gasteiger partial charge in [0.1, 0.15) is 0 Å². The third-order valence-corrected chi connectivity index (χ3v) is 3.42. The maximum Gasteiger partial charge on any atom is 0.287 e. The normalized spacial score (nSPS) is 10.2. The molecular formula is C14H15NO2S. The lowest BCUT2D eigenvalue weighted by molar-refractivity contribution is 0.0928. The number of thioether (sulfide) groups is 1. The van der Waals surface area contributed by atoms with Gasteiger partial charge in [-0.15, -0.1) is 0 Å². The Balaban J connectivity index is 1.61. The van der Waals surface area contributed by atoms with Crippen LogP contribution in [-0.2, 0) is 5.75 Å². The molecule has 0 spiro atoms. The van der Waals surface area contributed by atoms with Crippen molar-refractivity contribution in [3.05, 3.63) is 60.1 Å². The van der Waals surface area contributed by atoms with E-state index in [0.717, 1.165) is 11.5 Å². The molecule has 94 valence electrons. The van der Waals surface area contributed by atoms with Crippen LogP contribution in [0.25, 0.3) is 0 Å². The van der Waals surface area contributed by atoms with Gasteiger partial charge in [0.15, 0.2) is 5.76 Å². The molecule has 0 aliphatic rings. The Kier molecular flexibility index (Phi) is 4.90. The fraction of sp³-hybridized carbons (Fsp3) is 0.214. The monoisotopic (exact) mass is 261 g/mol. The number of furan rings is 1. The number of rotatable bonds is 6. The summed E-state index contributed by atoms with van der Waals surface area (Å²) in [6.45, 7) is 0.650. The summed E-state index contributed by atoms with van der Waals surface area (Å²) in [6, 6.07) is 13.7. The minimum atomic E-state index is -0.152. The molecule has 0 bridgehead atoms. The van der Waals surface area contributed by atoms with Crippen molar-refractivity contribution in [1.29, 1.82) is 0 Å². The van der Waals surface area contributed by atoms with E-state index in [9.17, 15) is 4.79 Å². The van der Waals surface area contributed by atoms with Crippen LogP contribution in [0, 0.1) is 0 Å². The van der Waals surface area contributed by atoms with Gasteiger partial charge in [-0.1, -0.05) is 30.3 Å². The zero-order chi connectivity index (χ0) is 12.6. The molecule has 1 aromatic heterocycles. The summed E-state index contributed by atoms with van der Waals surface area (Å²) in [5.41, 5.74) is 1.31. The van der Waals surface area contributed by atoms with Gasteiger partial charge in [0.05, 0.1) is 6.26 Å². The van der Waals surface area contributed by atoms with Crippen LogP contribution in [-0.4, -0.2) is 18.2 Å². The van der Waals surface area contributed by atoms with Gasteiger partial charge < -0.3 is 9.73 Å². The Morgan fingerprint density at radius 3 is 2.72 bits per heavy atom. The summed E-state index contributed by atoms with van der Waals surface area (Å²) in [5.74, 6) is 2.07. The molecule has 2 aromatic rings. The van der Waals surface area contributed by atoms with Crippen molar-refractivity contribution in [2.24, 2.45) is 0 Å². The summed E-state index contributed by atoms with van der Waals surface area (Å²) in [5, 5.41) is 2.82. The van der Waals surface area contributed by atoms with Crippen LogP contribution < -0.4 is 5.32 Å². The summed E-state index contributed by atoms with van der Waals surface area (Å²) in [7, 11) is 0. The first-order valence-electron chi connectivity index (χ1n) is 5.79. The maximum atomic E-state index is 11.5. The molecule has 18 heavy (non-hydrogen) atoms. The van der Waals surface area contributed by atoms with Gasteiger partial charge in [-0.25, -0.2) is 0 Å². The van der Waals surface area contributed by atoms with Crippen molar-refractivity contribution in [3.8, 4) is 0 Å². The minimum Gasteiger partial charge on any atom is -0.459 e. The zero-order valence-corrected chi connectivity index (χ0v) is 10.8. The van der Waals surface area contributed by atoms with Gasteiger partial charge in [-0.3, -0.25) is 4.79 Å². The first-order valence-corrected chi connectivity index (χ1v) is 6.95. The lowest BCUT2D eigenvalue weighted by atomic mass is 10.2. The van der Waals surface area contributed by atoms with Crippen LogP contribution in [0.2, 0.25) is 0 Å². The first kappa shape index (κ1) is 12.8. The molecule has 1 N–H and O–H groups in total. The van der Waals surface area contributed by atoms with Crippen LogP contribution in [0.15, 0.2) is 53.1 Å². The average Bonchev–Trinajstić information content (AvgIpc) is 2.93. The van der Waals surface area contributed by atoms with Gasteiger partial charge in [0.2, 0.25) is 0 Å². The fourth-order valence-electron chi connectivity index (χ4n) is 1.50. The molecule has 0 fully saturated rings. The van der Waals surface area contributed by atoms with Crippen molar-refractivity contribution in [3.63, 3.8) is 0 Å². The number of hydrogen-bond donors (Lipinski definition) is 1. The highest BCUT2D eigenvalue weighted by Crippen LogP contribution is 2.10. The Morgan fingerprint density at radius 2 is 2.00 bits per heavy atom. The second-order valence-electron chi connectivity index (χ2n) is 3.77. The molecule has 0 saturated carbocycles. The minimum absolute atomic E-state index is 0.152. The van der Waals surface area contributed by atoms with E-state index in [-0.39, 0.29) is 5.91 Å². The van der Waals surface area contributed by atoms with Gasteiger partial charge in [-0.05, 0) is 17.7 Å². The Morgan fingerprint density at radius 1 is 1.17 bits per heavy atom. The van der Waals surface area contributed by atoms with E-state index >= 15 is 0 Å². The first-order chi connectivity index (χ1) is 8.86. The van der Waals surface area contributed by atoms with Gasteiger partial charge in [0.25, 0.3) is 5.91 Å². The zero-order valence-electron chi connectivity index (χ0n) is 9.96. The van der Waals surface area contributed by atoms with Gasteiger partial charge in [0, 0.05) is 18.1 Å². The van der Waals surface area contributed by atoms with E-state index in [1.54, 1.807) is 23.9 Å². The van der Waals surface area contributed by atoms with Crippen molar-refractivity contribution in [2.75, 3.05) is 12.3 Å². The number of amides is 1. The molecule has 0 radical (unpaired) electrons. The highest BCUT2D eigenvalue weighted by molar-refractivity contribution is 7.98.